The fourth-order valence-corrected chi connectivity index (χ4v) is 2.93. The summed E-state index contributed by atoms with van der Waals surface area (Å²) < 4.78 is 5.48. The molecular weight excluding hydrogens is 282 g/mol. The fourth-order valence-electron chi connectivity index (χ4n) is 2.93. The molecule has 5 heteroatoms. The maximum absolute atomic E-state index is 12.2. The van der Waals surface area contributed by atoms with Gasteiger partial charge in [-0.1, -0.05) is 31.4 Å². The van der Waals surface area contributed by atoms with E-state index in [-0.39, 0.29) is 17.7 Å². The molecule has 2 aromatic rings. The summed E-state index contributed by atoms with van der Waals surface area (Å²) >= 11 is 0. The third kappa shape index (κ3) is 3.04. The highest BCUT2D eigenvalue weighted by Gasteiger charge is 2.29. The maximum atomic E-state index is 12.2. The first kappa shape index (κ1) is 14.8. The number of para-hydroxylation sites is 1. The smallest absolute Gasteiger partial charge is 0.287 e. The van der Waals surface area contributed by atoms with Crippen LogP contribution in [0.2, 0.25) is 0 Å². The lowest BCUT2D eigenvalue weighted by molar-refractivity contribution is 0.00503. The Kier molecular flexibility index (Phi) is 3.98. The number of carbonyl (C=O) groups excluding carboxylic acids is 1. The number of benzene rings is 1. The van der Waals surface area contributed by atoms with Gasteiger partial charge in [0.15, 0.2) is 11.2 Å². The number of aliphatic hydroxyl groups is 1. The monoisotopic (exact) mass is 301 g/mol. The number of rotatable bonds is 3. The summed E-state index contributed by atoms with van der Waals surface area (Å²) in [6.07, 6.45) is 4.44. The molecule has 116 valence electrons. The lowest BCUT2D eigenvalue weighted by atomic mass is 9.85. The first-order chi connectivity index (χ1) is 10.6. The molecule has 0 aliphatic heterocycles. The molecule has 0 saturated heterocycles. The Balaban J connectivity index is 1.76. The normalized spacial score (nSPS) is 17.3. The molecule has 22 heavy (non-hydrogen) atoms. The molecule has 0 unspecified atom stereocenters. The lowest BCUT2D eigenvalue weighted by Crippen LogP contribution is -2.44. The number of amides is 1. The minimum atomic E-state index is -0.842. The van der Waals surface area contributed by atoms with Crippen molar-refractivity contribution in [3.63, 3.8) is 0 Å². The zero-order chi connectivity index (χ0) is 15.6. The van der Waals surface area contributed by atoms with E-state index in [2.05, 4.69) is 5.32 Å². The van der Waals surface area contributed by atoms with Crippen LogP contribution in [-0.4, -0.2) is 23.2 Å². The van der Waals surface area contributed by atoms with Crippen molar-refractivity contribution in [1.82, 2.24) is 5.32 Å². The van der Waals surface area contributed by atoms with Crippen LogP contribution >= 0.6 is 0 Å². The summed E-state index contributed by atoms with van der Waals surface area (Å²) in [5, 5.41) is 13.5. The summed E-state index contributed by atoms with van der Waals surface area (Å²) in [6.45, 7) is 0.183. The summed E-state index contributed by atoms with van der Waals surface area (Å²) in [5.41, 5.74) is -0.703. The molecule has 1 saturated carbocycles. The molecule has 1 heterocycles. The van der Waals surface area contributed by atoms with Gasteiger partial charge in [-0.25, -0.2) is 0 Å². The van der Waals surface area contributed by atoms with Crippen LogP contribution in [0.25, 0.3) is 11.0 Å². The summed E-state index contributed by atoms with van der Waals surface area (Å²) in [5.74, 6) is -0.495. The molecule has 1 aliphatic rings. The molecule has 0 radical (unpaired) electrons. The summed E-state index contributed by atoms with van der Waals surface area (Å²) in [6, 6.07) is 8.01. The summed E-state index contributed by atoms with van der Waals surface area (Å²) in [7, 11) is 0. The average molecular weight is 301 g/mol. The largest absolute Gasteiger partial charge is 0.451 e. The van der Waals surface area contributed by atoms with Crippen molar-refractivity contribution in [2.45, 2.75) is 37.7 Å². The Morgan fingerprint density at radius 1 is 1.23 bits per heavy atom. The topological polar surface area (TPSA) is 79.5 Å². The van der Waals surface area contributed by atoms with E-state index in [0.29, 0.717) is 23.8 Å². The number of fused-ring (bicyclic) bond motifs is 1. The molecule has 1 amide bonds. The Labute approximate surface area is 127 Å². The van der Waals surface area contributed by atoms with E-state index in [1.165, 1.54) is 6.07 Å². The van der Waals surface area contributed by atoms with Gasteiger partial charge in [0.2, 0.25) is 0 Å². The van der Waals surface area contributed by atoms with Gasteiger partial charge >= 0.3 is 0 Å². The Bertz CT molecular complexity index is 744. The van der Waals surface area contributed by atoms with Crippen LogP contribution in [0, 0.1) is 0 Å². The van der Waals surface area contributed by atoms with Gasteiger partial charge in [0.1, 0.15) is 5.58 Å². The number of nitrogens with one attached hydrogen (secondary N) is 1. The molecule has 0 spiro atoms. The minimum Gasteiger partial charge on any atom is -0.451 e. The van der Waals surface area contributed by atoms with Crippen LogP contribution in [0.3, 0.4) is 0 Å². The number of hydrogen-bond donors (Lipinski definition) is 2. The third-order valence-corrected chi connectivity index (χ3v) is 4.22. The molecule has 3 rings (SSSR count). The van der Waals surface area contributed by atoms with Gasteiger partial charge < -0.3 is 14.8 Å². The van der Waals surface area contributed by atoms with E-state index in [4.69, 9.17) is 4.42 Å². The Morgan fingerprint density at radius 3 is 2.73 bits per heavy atom. The van der Waals surface area contributed by atoms with Crippen LogP contribution in [-0.2, 0) is 0 Å². The second kappa shape index (κ2) is 5.93. The lowest BCUT2D eigenvalue weighted by Gasteiger charge is -2.31. The zero-order valence-electron chi connectivity index (χ0n) is 12.3. The van der Waals surface area contributed by atoms with Crippen LogP contribution in [0.15, 0.2) is 39.5 Å². The van der Waals surface area contributed by atoms with Crippen molar-refractivity contribution in [3.05, 3.63) is 46.3 Å². The van der Waals surface area contributed by atoms with Gasteiger partial charge in [0.05, 0.1) is 11.0 Å². The van der Waals surface area contributed by atoms with Crippen LogP contribution in [0.1, 0.15) is 42.7 Å². The van der Waals surface area contributed by atoms with E-state index in [1.807, 2.05) is 0 Å². The van der Waals surface area contributed by atoms with Gasteiger partial charge in [-0.05, 0) is 25.0 Å². The van der Waals surface area contributed by atoms with Crippen LogP contribution in [0.5, 0.6) is 0 Å². The summed E-state index contributed by atoms with van der Waals surface area (Å²) in [4.78, 5) is 24.2. The van der Waals surface area contributed by atoms with Gasteiger partial charge in [0, 0.05) is 12.6 Å². The molecule has 1 aromatic carbocycles. The van der Waals surface area contributed by atoms with Crippen molar-refractivity contribution < 1.29 is 14.3 Å². The van der Waals surface area contributed by atoms with E-state index in [0.717, 1.165) is 19.3 Å². The van der Waals surface area contributed by atoms with Crippen LogP contribution < -0.4 is 10.7 Å². The van der Waals surface area contributed by atoms with Crippen molar-refractivity contribution in [3.8, 4) is 0 Å². The molecule has 1 aromatic heterocycles. The molecule has 0 atom stereocenters. The highest BCUT2D eigenvalue weighted by atomic mass is 16.3. The predicted molar refractivity (Wildman–Crippen MR) is 82.9 cm³/mol. The van der Waals surface area contributed by atoms with Crippen molar-refractivity contribution in [2.75, 3.05) is 6.54 Å². The highest BCUT2D eigenvalue weighted by molar-refractivity contribution is 5.93. The third-order valence-electron chi connectivity index (χ3n) is 4.22. The fraction of sp³-hybridized carbons (Fsp3) is 0.412. The first-order valence-corrected chi connectivity index (χ1v) is 7.61. The first-order valence-electron chi connectivity index (χ1n) is 7.61. The van der Waals surface area contributed by atoms with E-state index in [9.17, 15) is 14.7 Å². The van der Waals surface area contributed by atoms with Gasteiger partial charge in [-0.15, -0.1) is 0 Å². The number of hydrogen-bond acceptors (Lipinski definition) is 4. The maximum Gasteiger partial charge on any atom is 0.287 e. The van der Waals surface area contributed by atoms with Gasteiger partial charge in [0.25, 0.3) is 5.91 Å². The Hall–Kier alpha value is -2.14. The predicted octanol–water partition coefficient (Wildman–Crippen LogP) is 2.22. The second-order valence-electron chi connectivity index (χ2n) is 5.94. The van der Waals surface area contributed by atoms with Crippen molar-refractivity contribution in [1.29, 1.82) is 0 Å². The van der Waals surface area contributed by atoms with Crippen molar-refractivity contribution >= 4 is 16.9 Å². The van der Waals surface area contributed by atoms with E-state index < -0.39 is 11.5 Å². The molecule has 5 nitrogen and oxygen atoms in total. The van der Waals surface area contributed by atoms with E-state index in [1.54, 1.807) is 24.3 Å². The van der Waals surface area contributed by atoms with Crippen molar-refractivity contribution in [2.24, 2.45) is 0 Å². The molecule has 1 fully saturated rings. The van der Waals surface area contributed by atoms with E-state index >= 15 is 0 Å². The minimum absolute atomic E-state index is 0.0249. The van der Waals surface area contributed by atoms with Crippen LogP contribution in [0.4, 0.5) is 0 Å². The average Bonchev–Trinajstić information content (AvgIpc) is 2.53. The van der Waals surface area contributed by atoms with Gasteiger partial charge in [-0.2, -0.15) is 0 Å². The second-order valence-corrected chi connectivity index (χ2v) is 5.94. The standard InChI is InChI=1S/C17H19NO4/c19-13-10-15(22-14-7-3-2-6-12(13)14)16(20)18-11-17(21)8-4-1-5-9-17/h2-3,6-7,10,21H,1,4-5,8-9,11H2,(H,18,20). The highest BCUT2D eigenvalue weighted by Crippen LogP contribution is 2.27. The molecule has 2 N–H and O–H groups in total. The molecular formula is C17H19NO4. The Morgan fingerprint density at radius 2 is 1.95 bits per heavy atom. The number of carbonyl (C=O) groups is 1. The zero-order valence-corrected chi connectivity index (χ0v) is 12.3. The quantitative estimate of drug-likeness (QED) is 0.911. The van der Waals surface area contributed by atoms with Gasteiger partial charge in [-0.3, -0.25) is 9.59 Å². The molecule has 1 aliphatic carbocycles. The SMILES string of the molecule is O=C(NCC1(O)CCCCC1)c1cc(=O)c2ccccc2o1. The molecule has 0 bridgehead atoms.